The Bertz CT molecular complexity index is 1560. The van der Waals surface area contributed by atoms with Crippen molar-refractivity contribution in [2.24, 2.45) is 5.92 Å². The number of tetrazole rings is 1. The van der Waals surface area contributed by atoms with Crippen molar-refractivity contribution in [3.05, 3.63) is 95.1 Å². The normalized spacial score (nSPS) is 19.7. The minimum Gasteiger partial charge on any atom is -0.508 e. The van der Waals surface area contributed by atoms with Gasteiger partial charge in [-0.1, -0.05) is 67.2 Å². The molecule has 0 radical (unpaired) electrons. The molecule has 1 aliphatic rings. The van der Waals surface area contributed by atoms with Gasteiger partial charge in [-0.25, -0.2) is 0 Å². The molecular formula is C32H35N5O7S. The van der Waals surface area contributed by atoms with Crippen molar-refractivity contribution < 1.29 is 34.4 Å². The maximum atomic E-state index is 12.1. The van der Waals surface area contributed by atoms with Crippen LogP contribution in [0.4, 0.5) is 0 Å². The molecule has 1 amide bonds. The molecule has 1 fully saturated rings. The Kier molecular flexibility index (Phi) is 10.8. The number of benzene rings is 3. The van der Waals surface area contributed by atoms with Gasteiger partial charge in [-0.05, 0) is 57.8 Å². The molecule has 0 unspecified atom stereocenters. The highest BCUT2D eigenvalue weighted by molar-refractivity contribution is 7.99. The molecule has 4 N–H and O–H groups in total. The smallest absolute Gasteiger partial charge is 0.303 e. The first-order chi connectivity index (χ1) is 21.8. The molecule has 1 aliphatic heterocycles. The summed E-state index contributed by atoms with van der Waals surface area (Å²) in [6, 6.07) is 22.0. The number of carbonyl (C=O) groups is 2. The Morgan fingerprint density at radius 1 is 0.933 bits per heavy atom. The van der Waals surface area contributed by atoms with Crippen LogP contribution >= 0.6 is 11.8 Å². The molecule has 0 aliphatic carbocycles. The van der Waals surface area contributed by atoms with Gasteiger partial charge in [0.15, 0.2) is 6.29 Å². The first-order valence-corrected chi connectivity index (χ1v) is 15.6. The Hall–Kier alpha value is -4.30. The third-order valence-electron chi connectivity index (χ3n) is 7.57. The lowest BCUT2D eigenvalue weighted by Gasteiger charge is -2.41. The predicted molar refractivity (Wildman–Crippen MR) is 164 cm³/mol. The second-order valence-electron chi connectivity index (χ2n) is 10.8. The summed E-state index contributed by atoms with van der Waals surface area (Å²) in [6.07, 6.45) is -0.783. The number of aliphatic hydroxyl groups is 1. The number of hydrogen-bond acceptors (Lipinski definition) is 10. The van der Waals surface area contributed by atoms with Gasteiger partial charge < -0.3 is 30.1 Å². The van der Waals surface area contributed by atoms with Gasteiger partial charge in [0, 0.05) is 36.6 Å². The molecule has 1 aromatic heterocycles. The lowest BCUT2D eigenvalue weighted by Crippen LogP contribution is -2.38. The molecule has 12 nitrogen and oxygen atoms in total. The molecule has 236 valence electrons. The minimum absolute atomic E-state index is 0.0380. The predicted octanol–water partition coefficient (Wildman–Crippen LogP) is 4.32. The number of nitrogens with zero attached hydrogens (tertiary/aromatic N) is 4. The van der Waals surface area contributed by atoms with Crippen LogP contribution in [0, 0.1) is 5.92 Å². The molecule has 4 aromatic rings. The number of aromatic hydroxyl groups is 1. The van der Waals surface area contributed by atoms with Gasteiger partial charge in [-0.3, -0.25) is 9.59 Å². The van der Waals surface area contributed by atoms with Crippen LogP contribution in [-0.2, 0) is 32.2 Å². The monoisotopic (exact) mass is 633 g/mol. The van der Waals surface area contributed by atoms with Crippen molar-refractivity contribution in [3.8, 4) is 11.4 Å². The van der Waals surface area contributed by atoms with Crippen LogP contribution in [0.3, 0.4) is 0 Å². The number of aliphatic carboxylic acids is 1. The van der Waals surface area contributed by atoms with Crippen molar-refractivity contribution in [2.75, 3.05) is 5.75 Å². The first kappa shape index (κ1) is 32.1. The number of carboxylic acid groups (broad SMARTS) is 1. The van der Waals surface area contributed by atoms with E-state index in [1.807, 2.05) is 48.5 Å². The standard InChI is InChI=1S/C32H35N5O7S/c1-20-27(19-45-32-34-35-36-37(32)25-13-15-26(39)16-14-25)43-31(44-30(20)23-9-7-22(18-38)8-10-23)24-11-5-21(6-12-24)17-33-28(40)3-2-4-29(41)42/h5-16,20,27,30-31,38-39H,2-4,17-19H2,1H3,(H,33,40)(H,41,42)/t20-,27+,30+,31+/m1/s1. The zero-order valence-corrected chi connectivity index (χ0v) is 25.5. The maximum absolute atomic E-state index is 12.1. The van der Waals surface area contributed by atoms with Gasteiger partial charge in [-0.2, -0.15) is 4.68 Å². The Labute approximate surface area is 264 Å². The van der Waals surface area contributed by atoms with Crippen LogP contribution < -0.4 is 5.32 Å². The van der Waals surface area contributed by atoms with E-state index in [0.29, 0.717) is 23.9 Å². The lowest BCUT2D eigenvalue weighted by atomic mass is 9.91. The van der Waals surface area contributed by atoms with Gasteiger partial charge in [-0.15, -0.1) is 5.10 Å². The number of aliphatic hydroxyl groups excluding tert-OH is 1. The van der Waals surface area contributed by atoms with E-state index in [4.69, 9.17) is 14.6 Å². The summed E-state index contributed by atoms with van der Waals surface area (Å²) in [6.45, 7) is 2.36. The van der Waals surface area contributed by atoms with Crippen LogP contribution in [0.1, 0.15) is 60.8 Å². The molecule has 0 saturated carbocycles. The molecule has 2 heterocycles. The Morgan fingerprint density at radius 2 is 1.62 bits per heavy atom. The number of carbonyl (C=O) groups excluding carboxylic acids is 1. The largest absolute Gasteiger partial charge is 0.508 e. The number of phenolic OH excluding ortho intramolecular Hbond substituents is 1. The number of rotatable bonds is 13. The SMILES string of the molecule is C[C@@H]1[C@H](CSc2nnnn2-c2ccc(O)cc2)O[C@H](c2ccc(CNC(=O)CCCC(=O)O)cc2)O[C@@H]1c1ccc(CO)cc1. The highest BCUT2D eigenvalue weighted by atomic mass is 32.2. The first-order valence-electron chi connectivity index (χ1n) is 14.6. The van der Waals surface area contributed by atoms with E-state index < -0.39 is 12.3 Å². The fourth-order valence-electron chi connectivity index (χ4n) is 4.97. The van der Waals surface area contributed by atoms with Crippen molar-refractivity contribution in [2.45, 2.75) is 63.0 Å². The number of nitrogens with one attached hydrogen (secondary N) is 1. The van der Waals surface area contributed by atoms with Crippen LogP contribution in [0.2, 0.25) is 0 Å². The molecule has 45 heavy (non-hydrogen) atoms. The van der Waals surface area contributed by atoms with Gasteiger partial charge in [0.25, 0.3) is 0 Å². The zero-order valence-electron chi connectivity index (χ0n) is 24.7. The fraction of sp³-hybridized carbons (Fsp3) is 0.344. The van der Waals surface area contributed by atoms with Crippen LogP contribution in [0.15, 0.2) is 78.0 Å². The van der Waals surface area contributed by atoms with E-state index in [9.17, 15) is 19.8 Å². The molecule has 1 saturated heterocycles. The van der Waals surface area contributed by atoms with Gasteiger partial charge in [0.1, 0.15) is 5.75 Å². The zero-order chi connectivity index (χ0) is 31.8. The molecule has 0 spiro atoms. The van der Waals surface area contributed by atoms with E-state index >= 15 is 0 Å². The summed E-state index contributed by atoms with van der Waals surface area (Å²) in [5, 5.41) is 43.5. The highest BCUT2D eigenvalue weighted by Gasteiger charge is 2.38. The molecule has 0 bridgehead atoms. The Balaban J connectivity index is 1.29. The summed E-state index contributed by atoms with van der Waals surface area (Å²) >= 11 is 1.46. The second-order valence-corrected chi connectivity index (χ2v) is 11.8. The minimum atomic E-state index is -0.917. The molecule has 13 heteroatoms. The van der Waals surface area contributed by atoms with Crippen LogP contribution in [0.25, 0.3) is 5.69 Å². The third kappa shape index (κ3) is 8.45. The second kappa shape index (κ2) is 15.1. The van der Waals surface area contributed by atoms with Gasteiger partial charge >= 0.3 is 5.97 Å². The van der Waals surface area contributed by atoms with E-state index in [1.165, 1.54) is 11.8 Å². The number of carboxylic acids is 1. The number of aromatic nitrogens is 4. The third-order valence-corrected chi connectivity index (χ3v) is 8.58. The summed E-state index contributed by atoms with van der Waals surface area (Å²) < 4.78 is 14.7. The maximum Gasteiger partial charge on any atom is 0.303 e. The summed E-state index contributed by atoms with van der Waals surface area (Å²) in [5.74, 6) is -0.459. The topological polar surface area (TPSA) is 169 Å². The van der Waals surface area contributed by atoms with Crippen molar-refractivity contribution in [1.29, 1.82) is 0 Å². The van der Waals surface area contributed by atoms with Crippen LogP contribution in [-0.4, -0.2) is 59.3 Å². The lowest BCUT2D eigenvalue weighted by molar-refractivity contribution is -0.268. The number of thioether (sulfide) groups is 1. The number of ether oxygens (including phenoxy) is 2. The van der Waals surface area contributed by atoms with Crippen molar-refractivity contribution in [3.63, 3.8) is 0 Å². The van der Waals surface area contributed by atoms with Crippen molar-refractivity contribution in [1.82, 2.24) is 25.5 Å². The van der Waals surface area contributed by atoms with E-state index in [0.717, 1.165) is 27.9 Å². The summed E-state index contributed by atoms with van der Waals surface area (Å²) in [7, 11) is 0. The van der Waals surface area contributed by atoms with E-state index in [-0.39, 0.29) is 49.2 Å². The summed E-state index contributed by atoms with van der Waals surface area (Å²) in [5.41, 5.74) is 4.21. The van der Waals surface area contributed by atoms with Gasteiger partial charge in [0.2, 0.25) is 11.1 Å². The van der Waals surface area contributed by atoms with Gasteiger partial charge in [0.05, 0.1) is 24.5 Å². The number of amides is 1. The fourth-order valence-corrected chi connectivity index (χ4v) is 6.03. The molecule has 5 rings (SSSR count). The number of phenols is 1. The quantitative estimate of drug-likeness (QED) is 0.155. The van der Waals surface area contributed by atoms with Crippen molar-refractivity contribution >= 4 is 23.6 Å². The molecule has 4 atom stereocenters. The average molecular weight is 634 g/mol. The van der Waals surface area contributed by atoms with Crippen LogP contribution in [0.5, 0.6) is 5.75 Å². The van der Waals surface area contributed by atoms with E-state index in [1.54, 1.807) is 28.9 Å². The Morgan fingerprint density at radius 3 is 2.31 bits per heavy atom. The molecular weight excluding hydrogens is 598 g/mol. The number of hydrogen-bond donors (Lipinski definition) is 4. The highest BCUT2D eigenvalue weighted by Crippen LogP contribution is 2.43. The average Bonchev–Trinajstić information content (AvgIpc) is 3.52. The van der Waals surface area contributed by atoms with E-state index in [2.05, 4.69) is 27.8 Å². The summed E-state index contributed by atoms with van der Waals surface area (Å²) in [4.78, 5) is 22.7. The molecule has 3 aromatic carbocycles.